The molecular weight excluding hydrogens is 240 g/mol. The Balaban J connectivity index is 2.87. The van der Waals surface area contributed by atoms with E-state index in [1.165, 1.54) is 0 Å². The molecule has 5 nitrogen and oxygen atoms in total. The third kappa shape index (κ3) is 3.35. The topological polar surface area (TPSA) is 83.8 Å². The van der Waals surface area contributed by atoms with Crippen LogP contribution in [-0.4, -0.2) is 21.6 Å². The van der Waals surface area contributed by atoms with Crippen LogP contribution in [0.1, 0.15) is 54.2 Å². The zero-order valence-electron chi connectivity index (χ0n) is 13.0. The first-order valence-corrected chi connectivity index (χ1v) is 6.52. The normalized spacial score (nSPS) is 13.5. The Hall–Kier alpha value is -1.36. The molecule has 19 heavy (non-hydrogen) atoms. The maximum absolute atomic E-state index is 12.3. The Bertz CT molecular complexity index is 461. The second kappa shape index (κ2) is 4.63. The van der Waals surface area contributed by atoms with Crippen LogP contribution >= 0.6 is 0 Å². The summed E-state index contributed by atoms with van der Waals surface area (Å²) >= 11 is 0. The van der Waals surface area contributed by atoms with Crippen LogP contribution in [0.25, 0.3) is 0 Å². The standard InChI is InChI=1S/C14H26N4O/c1-12(2,3)9-8-10(18-17-9)16-11(19)13(4,5)14(6,7)15/h8H,15H2,1-7H3,(H2,16,17,18,19). The maximum Gasteiger partial charge on any atom is 0.233 e. The Morgan fingerprint density at radius 1 is 1.21 bits per heavy atom. The van der Waals surface area contributed by atoms with E-state index in [2.05, 4.69) is 36.3 Å². The van der Waals surface area contributed by atoms with E-state index in [0.717, 1.165) is 5.69 Å². The Morgan fingerprint density at radius 3 is 2.11 bits per heavy atom. The van der Waals surface area contributed by atoms with Gasteiger partial charge in [0.1, 0.15) is 0 Å². The summed E-state index contributed by atoms with van der Waals surface area (Å²) in [6, 6.07) is 1.86. The van der Waals surface area contributed by atoms with Gasteiger partial charge in [0.25, 0.3) is 0 Å². The fraction of sp³-hybridized carbons (Fsp3) is 0.714. The lowest BCUT2D eigenvalue weighted by molar-refractivity contribution is -0.126. The molecule has 5 heteroatoms. The summed E-state index contributed by atoms with van der Waals surface area (Å²) in [6.07, 6.45) is 0. The Kier molecular flexibility index (Phi) is 3.83. The van der Waals surface area contributed by atoms with Crippen molar-refractivity contribution in [1.29, 1.82) is 0 Å². The maximum atomic E-state index is 12.3. The van der Waals surface area contributed by atoms with E-state index >= 15 is 0 Å². The number of rotatable bonds is 3. The third-order valence-corrected chi connectivity index (χ3v) is 3.81. The predicted octanol–water partition coefficient (Wildman–Crippen LogP) is 2.41. The van der Waals surface area contributed by atoms with Gasteiger partial charge in [-0.1, -0.05) is 20.8 Å². The van der Waals surface area contributed by atoms with Gasteiger partial charge >= 0.3 is 0 Å². The largest absolute Gasteiger partial charge is 0.325 e. The fourth-order valence-corrected chi connectivity index (χ4v) is 1.34. The fourth-order valence-electron chi connectivity index (χ4n) is 1.34. The monoisotopic (exact) mass is 266 g/mol. The number of amides is 1. The first-order chi connectivity index (χ1) is 8.35. The molecule has 0 radical (unpaired) electrons. The van der Waals surface area contributed by atoms with E-state index in [1.807, 2.05) is 33.8 Å². The molecule has 0 aliphatic rings. The van der Waals surface area contributed by atoms with Crippen LogP contribution in [0.4, 0.5) is 5.82 Å². The van der Waals surface area contributed by atoms with E-state index in [9.17, 15) is 4.79 Å². The van der Waals surface area contributed by atoms with Crippen molar-refractivity contribution in [3.63, 3.8) is 0 Å². The van der Waals surface area contributed by atoms with Crippen molar-refractivity contribution < 1.29 is 4.79 Å². The van der Waals surface area contributed by atoms with Gasteiger partial charge < -0.3 is 11.1 Å². The summed E-state index contributed by atoms with van der Waals surface area (Å²) < 4.78 is 0. The van der Waals surface area contributed by atoms with E-state index < -0.39 is 11.0 Å². The summed E-state index contributed by atoms with van der Waals surface area (Å²) in [4.78, 5) is 12.3. The number of hydrogen-bond acceptors (Lipinski definition) is 3. The molecule has 0 unspecified atom stereocenters. The molecule has 0 atom stereocenters. The van der Waals surface area contributed by atoms with Crippen LogP contribution in [0.15, 0.2) is 6.07 Å². The zero-order chi connectivity index (χ0) is 15.1. The van der Waals surface area contributed by atoms with Crippen molar-refractivity contribution in [2.24, 2.45) is 11.1 Å². The lowest BCUT2D eigenvalue weighted by Crippen LogP contribution is -2.53. The van der Waals surface area contributed by atoms with Gasteiger partial charge in [0.2, 0.25) is 5.91 Å². The number of nitrogens with one attached hydrogen (secondary N) is 2. The van der Waals surface area contributed by atoms with E-state index in [-0.39, 0.29) is 11.3 Å². The summed E-state index contributed by atoms with van der Waals surface area (Å²) in [6.45, 7) is 13.6. The van der Waals surface area contributed by atoms with Crippen molar-refractivity contribution in [1.82, 2.24) is 10.2 Å². The predicted molar refractivity (Wildman–Crippen MR) is 78.0 cm³/mol. The van der Waals surface area contributed by atoms with Crippen molar-refractivity contribution in [3.05, 3.63) is 11.8 Å². The van der Waals surface area contributed by atoms with Gasteiger partial charge in [0.05, 0.1) is 5.41 Å². The van der Waals surface area contributed by atoms with Gasteiger partial charge in [0, 0.05) is 22.7 Å². The van der Waals surface area contributed by atoms with E-state index in [4.69, 9.17) is 5.73 Å². The van der Waals surface area contributed by atoms with Crippen LogP contribution in [0.2, 0.25) is 0 Å². The highest BCUT2D eigenvalue weighted by Crippen LogP contribution is 2.30. The molecule has 1 heterocycles. The number of anilines is 1. The van der Waals surface area contributed by atoms with Crippen molar-refractivity contribution in [3.8, 4) is 0 Å². The minimum atomic E-state index is -0.687. The molecule has 0 saturated heterocycles. The number of aromatic nitrogens is 2. The van der Waals surface area contributed by atoms with Crippen molar-refractivity contribution >= 4 is 11.7 Å². The molecule has 0 bridgehead atoms. The molecule has 1 aromatic rings. The molecule has 4 N–H and O–H groups in total. The average Bonchev–Trinajstić information content (AvgIpc) is 2.63. The van der Waals surface area contributed by atoms with Crippen LogP contribution in [-0.2, 0) is 10.2 Å². The van der Waals surface area contributed by atoms with Gasteiger partial charge in [-0.05, 0) is 27.7 Å². The molecule has 0 saturated carbocycles. The van der Waals surface area contributed by atoms with Crippen molar-refractivity contribution in [2.75, 3.05) is 5.32 Å². The first-order valence-electron chi connectivity index (χ1n) is 6.52. The minimum Gasteiger partial charge on any atom is -0.325 e. The summed E-state index contributed by atoms with van der Waals surface area (Å²) in [5.74, 6) is 0.402. The van der Waals surface area contributed by atoms with Gasteiger partial charge in [0.15, 0.2) is 5.82 Å². The lowest BCUT2D eigenvalue weighted by atomic mass is 9.74. The molecule has 0 aliphatic carbocycles. The SMILES string of the molecule is CC(C)(C)c1cc(NC(=O)C(C)(C)C(C)(C)N)n[nH]1. The van der Waals surface area contributed by atoms with Gasteiger partial charge in [-0.3, -0.25) is 9.89 Å². The van der Waals surface area contributed by atoms with Crippen LogP contribution < -0.4 is 11.1 Å². The van der Waals surface area contributed by atoms with Gasteiger partial charge in [-0.15, -0.1) is 0 Å². The van der Waals surface area contributed by atoms with Crippen molar-refractivity contribution in [2.45, 2.75) is 59.4 Å². The third-order valence-electron chi connectivity index (χ3n) is 3.81. The first kappa shape index (κ1) is 15.7. The second-order valence-corrected chi connectivity index (χ2v) is 7.22. The molecule has 0 aliphatic heterocycles. The summed E-state index contributed by atoms with van der Waals surface area (Å²) in [5.41, 5.74) is 5.71. The number of H-pyrrole nitrogens is 1. The quantitative estimate of drug-likeness (QED) is 0.785. The molecule has 0 spiro atoms. The molecule has 108 valence electrons. The highest BCUT2D eigenvalue weighted by molar-refractivity contribution is 5.95. The van der Waals surface area contributed by atoms with Crippen LogP contribution in [0, 0.1) is 5.41 Å². The average molecular weight is 266 g/mol. The highest BCUT2D eigenvalue weighted by Gasteiger charge is 2.40. The zero-order valence-corrected chi connectivity index (χ0v) is 13.0. The second-order valence-electron chi connectivity index (χ2n) is 7.22. The number of aromatic amines is 1. The number of carbonyl (C=O) groups is 1. The Morgan fingerprint density at radius 2 is 1.74 bits per heavy atom. The summed E-state index contributed by atoms with van der Waals surface area (Å²) in [7, 11) is 0. The number of nitrogens with two attached hydrogens (primary N) is 1. The van der Waals surface area contributed by atoms with Gasteiger partial charge in [-0.2, -0.15) is 5.10 Å². The lowest BCUT2D eigenvalue weighted by Gasteiger charge is -2.36. The molecule has 0 fully saturated rings. The smallest absolute Gasteiger partial charge is 0.233 e. The van der Waals surface area contributed by atoms with Crippen LogP contribution in [0.3, 0.4) is 0 Å². The van der Waals surface area contributed by atoms with E-state index in [1.54, 1.807) is 0 Å². The molecule has 1 rings (SSSR count). The highest BCUT2D eigenvalue weighted by atomic mass is 16.2. The van der Waals surface area contributed by atoms with Crippen LogP contribution in [0.5, 0.6) is 0 Å². The van der Waals surface area contributed by atoms with Gasteiger partial charge in [-0.25, -0.2) is 0 Å². The van der Waals surface area contributed by atoms with E-state index in [0.29, 0.717) is 5.82 Å². The molecular formula is C14H26N4O. The molecule has 1 amide bonds. The minimum absolute atomic E-state index is 0.0291. The summed E-state index contributed by atoms with van der Waals surface area (Å²) in [5, 5.41) is 9.89. The number of carbonyl (C=O) groups excluding carboxylic acids is 1. The number of nitrogens with zero attached hydrogens (tertiary/aromatic N) is 1. The molecule has 0 aromatic carbocycles. The number of hydrogen-bond donors (Lipinski definition) is 3. The Labute approximate surface area is 115 Å². The molecule has 1 aromatic heterocycles.